The number of halogens is 1. The van der Waals surface area contributed by atoms with Crippen molar-refractivity contribution < 1.29 is 18.9 Å². The van der Waals surface area contributed by atoms with Gasteiger partial charge in [-0.2, -0.15) is 0 Å². The zero-order valence-corrected chi connectivity index (χ0v) is 16.9. The summed E-state index contributed by atoms with van der Waals surface area (Å²) in [5.41, 5.74) is 1.79. The molecule has 2 aromatic rings. The number of ether oxygens (including phenoxy) is 4. The van der Waals surface area contributed by atoms with Gasteiger partial charge in [-0.05, 0) is 36.8 Å². The average molecular weight is 406 g/mol. The van der Waals surface area contributed by atoms with Gasteiger partial charge in [0.1, 0.15) is 13.2 Å². The van der Waals surface area contributed by atoms with E-state index in [0.29, 0.717) is 60.3 Å². The molecule has 0 spiro atoms. The third-order valence-corrected chi connectivity index (χ3v) is 4.35. The van der Waals surface area contributed by atoms with E-state index in [9.17, 15) is 0 Å². The molecular formula is C20H24ClN3O4. The molecule has 0 atom stereocenters. The maximum absolute atomic E-state index is 6.30. The normalized spacial score (nSPS) is 13.1. The van der Waals surface area contributed by atoms with Crippen LogP contribution in [0.5, 0.6) is 23.0 Å². The number of hydrogen-bond acceptors (Lipinski definition) is 5. The molecule has 1 aliphatic heterocycles. The number of nitrogens with zero attached hydrogens (tertiary/aromatic N) is 1. The lowest BCUT2D eigenvalue weighted by Gasteiger charge is -2.20. The molecule has 2 N–H and O–H groups in total. The Kier molecular flexibility index (Phi) is 6.71. The van der Waals surface area contributed by atoms with Crippen LogP contribution in [-0.4, -0.2) is 39.9 Å². The van der Waals surface area contributed by atoms with Crippen molar-refractivity contribution in [3.63, 3.8) is 0 Å². The summed E-state index contributed by atoms with van der Waals surface area (Å²) in [5.74, 6) is 3.22. The lowest BCUT2D eigenvalue weighted by molar-refractivity contribution is 0.171. The molecule has 0 fully saturated rings. The molecule has 0 saturated carbocycles. The molecule has 0 aromatic heterocycles. The van der Waals surface area contributed by atoms with Gasteiger partial charge in [0.15, 0.2) is 29.0 Å². The van der Waals surface area contributed by atoms with E-state index in [-0.39, 0.29) is 0 Å². The Hall–Kier alpha value is -2.80. The van der Waals surface area contributed by atoms with Gasteiger partial charge in [-0.15, -0.1) is 0 Å². The summed E-state index contributed by atoms with van der Waals surface area (Å²) in [7, 11) is 3.32. The quantitative estimate of drug-likeness (QED) is 0.564. The van der Waals surface area contributed by atoms with Crippen molar-refractivity contribution in [2.45, 2.75) is 13.5 Å². The molecule has 0 aliphatic carbocycles. The first-order chi connectivity index (χ1) is 13.6. The van der Waals surface area contributed by atoms with E-state index in [0.717, 1.165) is 11.3 Å². The largest absolute Gasteiger partial charge is 0.493 e. The third kappa shape index (κ3) is 4.72. The lowest BCUT2D eigenvalue weighted by Crippen LogP contribution is -2.30. The zero-order chi connectivity index (χ0) is 19.9. The predicted octanol–water partition coefficient (Wildman–Crippen LogP) is 3.71. The fourth-order valence-electron chi connectivity index (χ4n) is 2.79. The van der Waals surface area contributed by atoms with E-state index in [1.54, 1.807) is 14.2 Å². The topological polar surface area (TPSA) is 73.3 Å². The van der Waals surface area contributed by atoms with E-state index in [1.807, 2.05) is 37.3 Å². The minimum absolute atomic E-state index is 0.506. The van der Waals surface area contributed by atoms with Crippen LogP contribution in [-0.2, 0) is 6.54 Å². The smallest absolute Gasteiger partial charge is 0.195 e. The average Bonchev–Trinajstić information content (AvgIpc) is 2.72. The Morgan fingerprint density at radius 1 is 1.18 bits per heavy atom. The minimum atomic E-state index is 0.506. The van der Waals surface area contributed by atoms with Crippen LogP contribution in [0.1, 0.15) is 12.5 Å². The molecule has 1 heterocycles. The van der Waals surface area contributed by atoms with Gasteiger partial charge in [0.05, 0.1) is 18.7 Å². The highest BCUT2D eigenvalue weighted by molar-refractivity contribution is 6.32. The van der Waals surface area contributed by atoms with Crippen molar-refractivity contribution in [3.8, 4) is 23.0 Å². The summed E-state index contributed by atoms with van der Waals surface area (Å²) in [6, 6.07) is 9.40. The number of hydrogen-bond donors (Lipinski definition) is 2. The fraction of sp³-hybridized carbons (Fsp3) is 0.350. The van der Waals surface area contributed by atoms with Crippen molar-refractivity contribution in [2.24, 2.45) is 4.99 Å². The van der Waals surface area contributed by atoms with Crippen LogP contribution in [0, 0.1) is 0 Å². The molecule has 3 rings (SSSR count). The number of nitrogens with one attached hydrogen (secondary N) is 2. The van der Waals surface area contributed by atoms with Crippen LogP contribution in [0.4, 0.5) is 5.69 Å². The Labute approximate surface area is 169 Å². The van der Waals surface area contributed by atoms with E-state index < -0.39 is 0 Å². The molecule has 7 nitrogen and oxygen atoms in total. The monoisotopic (exact) mass is 405 g/mol. The molecule has 150 valence electrons. The van der Waals surface area contributed by atoms with Gasteiger partial charge < -0.3 is 29.6 Å². The number of rotatable bonds is 6. The van der Waals surface area contributed by atoms with Crippen molar-refractivity contribution in [3.05, 3.63) is 40.9 Å². The van der Waals surface area contributed by atoms with Gasteiger partial charge in [-0.25, -0.2) is 0 Å². The summed E-state index contributed by atoms with van der Waals surface area (Å²) in [6.45, 7) is 4.05. The highest BCUT2D eigenvalue weighted by Crippen LogP contribution is 2.38. The van der Waals surface area contributed by atoms with Gasteiger partial charge in [-0.3, -0.25) is 4.99 Å². The Morgan fingerprint density at radius 2 is 2.00 bits per heavy atom. The molecule has 0 bridgehead atoms. The SMILES string of the molecule is CCOc1ccc(NC(=NC)NCc2cc(Cl)c3c(c2)OCCO3)cc1OC. The third-order valence-electron chi connectivity index (χ3n) is 4.07. The maximum Gasteiger partial charge on any atom is 0.195 e. The molecule has 28 heavy (non-hydrogen) atoms. The molecule has 0 amide bonds. The first-order valence-electron chi connectivity index (χ1n) is 9.01. The second-order valence-corrected chi connectivity index (χ2v) is 6.36. The molecule has 0 unspecified atom stereocenters. The number of benzene rings is 2. The molecular weight excluding hydrogens is 382 g/mol. The number of methoxy groups -OCH3 is 1. The van der Waals surface area contributed by atoms with Crippen LogP contribution in [0.25, 0.3) is 0 Å². The van der Waals surface area contributed by atoms with E-state index in [4.69, 9.17) is 30.5 Å². The Balaban J connectivity index is 1.66. The van der Waals surface area contributed by atoms with Gasteiger partial charge in [0.25, 0.3) is 0 Å². The number of fused-ring (bicyclic) bond motifs is 1. The van der Waals surface area contributed by atoms with Gasteiger partial charge in [0, 0.05) is 25.3 Å². The molecule has 0 radical (unpaired) electrons. The van der Waals surface area contributed by atoms with Crippen molar-refractivity contribution in [1.82, 2.24) is 5.32 Å². The van der Waals surface area contributed by atoms with Crippen LogP contribution in [0.3, 0.4) is 0 Å². The summed E-state index contributed by atoms with van der Waals surface area (Å²) in [4.78, 5) is 4.26. The lowest BCUT2D eigenvalue weighted by atomic mass is 10.2. The first kappa shape index (κ1) is 19.9. The molecule has 8 heteroatoms. The molecule has 1 aliphatic rings. The van der Waals surface area contributed by atoms with Crippen LogP contribution >= 0.6 is 11.6 Å². The zero-order valence-electron chi connectivity index (χ0n) is 16.2. The minimum Gasteiger partial charge on any atom is -0.493 e. The first-order valence-corrected chi connectivity index (χ1v) is 9.39. The maximum atomic E-state index is 6.30. The molecule has 0 saturated heterocycles. The summed E-state index contributed by atoms with van der Waals surface area (Å²) in [5, 5.41) is 7.03. The number of anilines is 1. The standard InChI is InChI=1S/C20H24ClN3O4/c1-4-26-16-6-5-14(11-17(16)25-3)24-20(22-2)23-12-13-9-15(21)19-18(10-13)27-7-8-28-19/h5-6,9-11H,4,7-8,12H2,1-3H3,(H2,22,23,24). The van der Waals surface area contributed by atoms with Crippen molar-refractivity contribution in [2.75, 3.05) is 39.3 Å². The second-order valence-electron chi connectivity index (χ2n) is 5.95. The van der Waals surface area contributed by atoms with Crippen molar-refractivity contribution >= 4 is 23.2 Å². The van der Waals surface area contributed by atoms with Crippen LogP contribution in [0.15, 0.2) is 35.3 Å². The summed E-state index contributed by atoms with van der Waals surface area (Å²) in [6.07, 6.45) is 0. The van der Waals surface area contributed by atoms with Crippen molar-refractivity contribution in [1.29, 1.82) is 0 Å². The second kappa shape index (κ2) is 9.41. The summed E-state index contributed by atoms with van der Waals surface area (Å²) < 4.78 is 22.1. The number of guanidine groups is 1. The number of aliphatic imine (C=N–C) groups is 1. The molecule has 2 aromatic carbocycles. The fourth-order valence-corrected chi connectivity index (χ4v) is 3.08. The van der Waals surface area contributed by atoms with E-state index in [1.165, 1.54) is 0 Å². The highest BCUT2D eigenvalue weighted by Gasteiger charge is 2.16. The Morgan fingerprint density at radius 3 is 2.75 bits per heavy atom. The van der Waals surface area contributed by atoms with Gasteiger partial charge in [0.2, 0.25) is 0 Å². The van der Waals surface area contributed by atoms with Crippen LogP contribution < -0.4 is 29.6 Å². The highest BCUT2D eigenvalue weighted by atomic mass is 35.5. The predicted molar refractivity (Wildman–Crippen MR) is 110 cm³/mol. The van der Waals surface area contributed by atoms with Gasteiger partial charge in [-0.1, -0.05) is 11.6 Å². The van der Waals surface area contributed by atoms with E-state index in [2.05, 4.69) is 15.6 Å². The van der Waals surface area contributed by atoms with Gasteiger partial charge >= 0.3 is 0 Å². The summed E-state index contributed by atoms with van der Waals surface area (Å²) >= 11 is 6.30. The van der Waals surface area contributed by atoms with Crippen LogP contribution in [0.2, 0.25) is 5.02 Å². The van der Waals surface area contributed by atoms with E-state index >= 15 is 0 Å². The Bertz CT molecular complexity index is 858.